The molecule has 6 heteroatoms. The lowest BCUT2D eigenvalue weighted by Crippen LogP contribution is -2.06. The molecule has 0 amide bonds. The molecule has 0 aliphatic rings. The monoisotopic (exact) mass is 321 g/mol. The topological polar surface area (TPSA) is 30.0 Å². The molecule has 0 saturated heterocycles. The number of ketones is 1. The number of Topliss-reactive ketones (excluding diaryl/α,β-unsaturated/α-hetero) is 1. The Hall–Kier alpha value is -2.21. The van der Waals surface area contributed by atoms with Gasteiger partial charge in [-0.25, -0.2) is 18.2 Å². The van der Waals surface area contributed by atoms with Crippen molar-refractivity contribution in [1.29, 1.82) is 0 Å². The van der Waals surface area contributed by atoms with Crippen LogP contribution >= 0.6 is 11.3 Å². The Morgan fingerprint density at radius 1 is 1.00 bits per heavy atom. The zero-order valence-electron chi connectivity index (χ0n) is 11.3. The van der Waals surface area contributed by atoms with Crippen molar-refractivity contribution in [3.8, 4) is 0 Å². The average molecular weight is 321 g/mol. The summed E-state index contributed by atoms with van der Waals surface area (Å²) in [5.41, 5.74) is 0.778. The van der Waals surface area contributed by atoms with Gasteiger partial charge < -0.3 is 0 Å². The predicted molar refractivity (Wildman–Crippen MR) is 78.4 cm³/mol. The number of hydrogen-bond donors (Lipinski definition) is 0. The molecule has 0 aliphatic heterocycles. The molecule has 2 nitrogen and oxygen atoms in total. The van der Waals surface area contributed by atoms with Gasteiger partial charge in [-0.15, -0.1) is 11.3 Å². The van der Waals surface area contributed by atoms with E-state index >= 15 is 0 Å². The lowest BCUT2D eigenvalue weighted by atomic mass is 10.1. The van der Waals surface area contributed by atoms with E-state index in [1.165, 1.54) is 18.2 Å². The number of benzene rings is 2. The van der Waals surface area contributed by atoms with Gasteiger partial charge in [0.1, 0.15) is 27.9 Å². The fraction of sp³-hybridized carbons (Fsp3) is 0.125. The van der Waals surface area contributed by atoms with Crippen LogP contribution in [0.25, 0.3) is 10.2 Å². The highest BCUT2D eigenvalue weighted by Crippen LogP contribution is 2.26. The number of carbonyl (C=O) groups is 1. The van der Waals surface area contributed by atoms with Crippen LogP contribution in [0.4, 0.5) is 13.2 Å². The third-order valence-electron chi connectivity index (χ3n) is 3.12. The summed E-state index contributed by atoms with van der Waals surface area (Å²) >= 11 is 1.10. The number of rotatable bonds is 4. The minimum absolute atomic E-state index is 0.0395. The van der Waals surface area contributed by atoms with Gasteiger partial charge in [0.15, 0.2) is 5.82 Å². The Bertz CT molecular complexity index is 842. The summed E-state index contributed by atoms with van der Waals surface area (Å²) in [6.07, 6.45) is 0.185. The van der Waals surface area contributed by atoms with E-state index in [1.807, 2.05) is 0 Å². The van der Waals surface area contributed by atoms with Crippen molar-refractivity contribution < 1.29 is 18.0 Å². The van der Waals surface area contributed by atoms with Crippen LogP contribution in [0.5, 0.6) is 0 Å². The van der Waals surface area contributed by atoms with Gasteiger partial charge in [-0.1, -0.05) is 12.1 Å². The summed E-state index contributed by atoms with van der Waals surface area (Å²) < 4.78 is 39.9. The summed E-state index contributed by atoms with van der Waals surface area (Å²) in [5.74, 6) is -1.88. The van der Waals surface area contributed by atoms with Crippen LogP contribution in [0.2, 0.25) is 0 Å². The molecule has 3 aromatic rings. The van der Waals surface area contributed by atoms with E-state index in [0.29, 0.717) is 15.3 Å². The summed E-state index contributed by atoms with van der Waals surface area (Å²) in [7, 11) is 0. The fourth-order valence-corrected chi connectivity index (χ4v) is 3.18. The molecule has 0 spiro atoms. The zero-order valence-corrected chi connectivity index (χ0v) is 12.1. The Morgan fingerprint density at radius 2 is 1.73 bits per heavy atom. The molecule has 3 rings (SSSR count). The quantitative estimate of drug-likeness (QED) is 0.725. The highest BCUT2D eigenvalue weighted by molar-refractivity contribution is 7.18. The smallest absolute Gasteiger partial charge is 0.153 e. The molecule has 1 aromatic heterocycles. The largest absolute Gasteiger partial charge is 0.299 e. The van der Waals surface area contributed by atoms with Crippen LogP contribution in [0, 0.1) is 17.5 Å². The van der Waals surface area contributed by atoms with Crippen molar-refractivity contribution in [3.63, 3.8) is 0 Å². The van der Waals surface area contributed by atoms with Gasteiger partial charge in [0, 0.05) is 12.5 Å². The Labute approximate surface area is 128 Å². The van der Waals surface area contributed by atoms with Crippen molar-refractivity contribution in [2.24, 2.45) is 0 Å². The van der Waals surface area contributed by atoms with E-state index in [0.717, 1.165) is 17.4 Å². The van der Waals surface area contributed by atoms with Crippen LogP contribution in [-0.2, 0) is 17.6 Å². The maximum absolute atomic E-state index is 13.6. The normalized spacial score (nSPS) is 11.0. The number of fused-ring (bicyclic) bond motifs is 1. The zero-order chi connectivity index (χ0) is 15.7. The van der Waals surface area contributed by atoms with Crippen molar-refractivity contribution >= 4 is 27.3 Å². The summed E-state index contributed by atoms with van der Waals surface area (Å²) in [6.45, 7) is 0. The minimum Gasteiger partial charge on any atom is -0.299 e. The first-order chi connectivity index (χ1) is 10.5. The van der Waals surface area contributed by atoms with E-state index < -0.39 is 11.6 Å². The van der Waals surface area contributed by atoms with E-state index in [-0.39, 0.29) is 30.0 Å². The number of halogens is 3. The molecule has 0 bridgehead atoms. The standard InChI is InChI=1S/C16H10F3NOS/c17-10-3-1-9(2-4-10)5-12(21)8-15-20-16-13(19)6-11(18)7-14(16)22-15/h1-4,6-7H,5,8H2. The second-order valence-electron chi connectivity index (χ2n) is 4.86. The summed E-state index contributed by atoms with van der Waals surface area (Å²) in [5, 5.41) is 0.437. The second kappa shape index (κ2) is 5.88. The molecule has 1 heterocycles. The van der Waals surface area contributed by atoms with Crippen molar-refractivity contribution in [2.75, 3.05) is 0 Å². The highest BCUT2D eigenvalue weighted by atomic mass is 32.1. The van der Waals surface area contributed by atoms with Crippen LogP contribution in [-0.4, -0.2) is 10.8 Å². The molecule has 112 valence electrons. The van der Waals surface area contributed by atoms with E-state index in [1.54, 1.807) is 12.1 Å². The number of hydrogen-bond acceptors (Lipinski definition) is 3. The van der Waals surface area contributed by atoms with Crippen LogP contribution < -0.4 is 0 Å². The third-order valence-corrected chi connectivity index (χ3v) is 4.12. The highest BCUT2D eigenvalue weighted by Gasteiger charge is 2.13. The lowest BCUT2D eigenvalue weighted by Gasteiger charge is -1.99. The molecular weight excluding hydrogens is 311 g/mol. The average Bonchev–Trinajstić information content (AvgIpc) is 2.84. The second-order valence-corrected chi connectivity index (χ2v) is 5.98. The molecule has 2 aromatic carbocycles. The molecule has 0 radical (unpaired) electrons. The number of aromatic nitrogens is 1. The number of thiazole rings is 1. The first-order valence-corrected chi connectivity index (χ1v) is 7.33. The predicted octanol–water partition coefficient (Wildman–Crippen LogP) is 4.07. The minimum atomic E-state index is -0.733. The molecule has 0 N–H and O–H groups in total. The van der Waals surface area contributed by atoms with Gasteiger partial charge in [-0.3, -0.25) is 4.79 Å². The van der Waals surface area contributed by atoms with Crippen molar-refractivity contribution in [3.05, 3.63) is 64.4 Å². The number of carbonyl (C=O) groups excluding carboxylic acids is 1. The maximum atomic E-state index is 13.6. The third kappa shape index (κ3) is 3.17. The number of nitrogens with zero attached hydrogens (tertiary/aromatic N) is 1. The Balaban J connectivity index is 1.76. The SMILES string of the molecule is O=C(Cc1ccc(F)cc1)Cc1nc2c(F)cc(F)cc2s1. The van der Waals surface area contributed by atoms with Gasteiger partial charge >= 0.3 is 0 Å². The van der Waals surface area contributed by atoms with Gasteiger partial charge in [0.05, 0.1) is 11.1 Å². The summed E-state index contributed by atoms with van der Waals surface area (Å²) in [6, 6.07) is 7.63. The molecule has 0 atom stereocenters. The Morgan fingerprint density at radius 3 is 2.45 bits per heavy atom. The Kier molecular flexibility index (Phi) is 3.94. The van der Waals surface area contributed by atoms with E-state index in [2.05, 4.69) is 4.98 Å². The maximum Gasteiger partial charge on any atom is 0.153 e. The van der Waals surface area contributed by atoms with Crippen LogP contribution in [0.3, 0.4) is 0 Å². The summed E-state index contributed by atoms with van der Waals surface area (Å²) in [4.78, 5) is 16.0. The van der Waals surface area contributed by atoms with Crippen LogP contribution in [0.1, 0.15) is 10.6 Å². The molecule has 0 fully saturated rings. The fourth-order valence-electron chi connectivity index (χ4n) is 2.14. The van der Waals surface area contributed by atoms with Crippen molar-refractivity contribution in [2.45, 2.75) is 12.8 Å². The first-order valence-electron chi connectivity index (χ1n) is 6.52. The molecule has 0 aliphatic carbocycles. The van der Waals surface area contributed by atoms with Gasteiger partial charge in [0.25, 0.3) is 0 Å². The molecule has 0 saturated carbocycles. The van der Waals surface area contributed by atoms with E-state index in [9.17, 15) is 18.0 Å². The van der Waals surface area contributed by atoms with E-state index in [4.69, 9.17) is 0 Å². The first kappa shape index (κ1) is 14.7. The van der Waals surface area contributed by atoms with Crippen LogP contribution in [0.15, 0.2) is 36.4 Å². The van der Waals surface area contributed by atoms with Gasteiger partial charge in [-0.2, -0.15) is 0 Å². The lowest BCUT2D eigenvalue weighted by molar-refractivity contribution is -0.117. The molecular formula is C16H10F3NOS. The van der Waals surface area contributed by atoms with Gasteiger partial charge in [0.2, 0.25) is 0 Å². The molecule has 0 unspecified atom stereocenters. The van der Waals surface area contributed by atoms with Gasteiger partial charge in [-0.05, 0) is 23.8 Å². The van der Waals surface area contributed by atoms with Crippen molar-refractivity contribution in [1.82, 2.24) is 4.98 Å². The molecule has 22 heavy (non-hydrogen) atoms.